The fourth-order valence-corrected chi connectivity index (χ4v) is 3.80. The Kier molecular flexibility index (Phi) is 2.72. The third-order valence-corrected chi connectivity index (χ3v) is 4.91. The molecule has 0 bridgehead atoms. The molecule has 3 rings (SSSR count). The zero-order valence-electron chi connectivity index (χ0n) is 9.54. The summed E-state index contributed by atoms with van der Waals surface area (Å²) >= 11 is 1.87. The monoisotopic (exact) mass is 234 g/mol. The number of nitrogens with one attached hydrogen (secondary N) is 1. The first-order valence-corrected chi connectivity index (χ1v) is 7.11. The third kappa shape index (κ3) is 1.77. The predicted octanol–water partition coefficient (Wildman–Crippen LogP) is 3.27. The lowest BCUT2D eigenvalue weighted by Gasteiger charge is -2.31. The topological polar surface area (TPSA) is 27.1 Å². The van der Waals surface area contributed by atoms with Gasteiger partial charge < -0.3 is 4.90 Å². The number of thiophene rings is 1. The highest BCUT2D eigenvalue weighted by Gasteiger charge is 2.26. The van der Waals surface area contributed by atoms with Crippen LogP contribution in [0.5, 0.6) is 0 Å². The highest BCUT2D eigenvalue weighted by Crippen LogP contribution is 2.30. The quantitative estimate of drug-likeness (QED) is 0.586. The fourth-order valence-electron chi connectivity index (χ4n) is 2.91. The maximum Gasteiger partial charge on any atom is 0.0992 e. The minimum atomic E-state index is 0.556. The SMILES string of the molecule is N=C(C1CCCC1)N1CCc2sccc2C1. The molecule has 0 aromatic carbocycles. The van der Waals surface area contributed by atoms with E-state index >= 15 is 0 Å². The van der Waals surface area contributed by atoms with Gasteiger partial charge in [-0.2, -0.15) is 0 Å². The standard InChI is InChI=1S/C13H18N2S/c14-13(10-3-1-2-4-10)15-7-5-12-11(9-15)6-8-16-12/h6,8,10,14H,1-5,7,9H2. The van der Waals surface area contributed by atoms with Crippen molar-refractivity contribution >= 4 is 17.2 Å². The lowest BCUT2D eigenvalue weighted by molar-refractivity contribution is 0.370. The van der Waals surface area contributed by atoms with Gasteiger partial charge in [-0.05, 0) is 36.3 Å². The molecule has 2 nitrogen and oxygen atoms in total. The van der Waals surface area contributed by atoms with Crippen LogP contribution in [0.15, 0.2) is 11.4 Å². The highest BCUT2D eigenvalue weighted by molar-refractivity contribution is 7.10. The van der Waals surface area contributed by atoms with Crippen molar-refractivity contribution in [2.75, 3.05) is 6.54 Å². The first-order chi connectivity index (χ1) is 7.84. The van der Waals surface area contributed by atoms with E-state index in [0.717, 1.165) is 25.3 Å². The van der Waals surface area contributed by atoms with Gasteiger partial charge in [0.25, 0.3) is 0 Å². The van der Waals surface area contributed by atoms with Gasteiger partial charge >= 0.3 is 0 Å². The van der Waals surface area contributed by atoms with Gasteiger partial charge in [0.2, 0.25) is 0 Å². The molecule has 1 aromatic heterocycles. The molecule has 1 saturated carbocycles. The van der Waals surface area contributed by atoms with E-state index < -0.39 is 0 Å². The fraction of sp³-hybridized carbons (Fsp3) is 0.615. The van der Waals surface area contributed by atoms with Crippen LogP contribution in [0, 0.1) is 11.3 Å². The molecule has 1 aliphatic heterocycles. The van der Waals surface area contributed by atoms with Crippen LogP contribution in [-0.4, -0.2) is 17.3 Å². The molecule has 2 aliphatic rings. The molecule has 3 heteroatoms. The van der Waals surface area contributed by atoms with Crippen LogP contribution in [0.2, 0.25) is 0 Å². The first-order valence-electron chi connectivity index (χ1n) is 6.23. The van der Waals surface area contributed by atoms with Crippen molar-refractivity contribution in [3.05, 3.63) is 21.9 Å². The summed E-state index contributed by atoms with van der Waals surface area (Å²) in [5.74, 6) is 1.47. The van der Waals surface area contributed by atoms with Crippen LogP contribution in [0.4, 0.5) is 0 Å². The molecular weight excluding hydrogens is 216 g/mol. The Morgan fingerprint density at radius 3 is 3.00 bits per heavy atom. The molecule has 1 aromatic rings. The maximum atomic E-state index is 8.30. The minimum Gasteiger partial charge on any atom is -0.356 e. The maximum absolute atomic E-state index is 8.30. The molecule has 1 N–H and O–H groups in total. The summed E-state index contributed by atoms with van der Waals surface area (Å²) in [6, 6.07) is 2.23. The lowest BCUT2D eigenvalue weighted by Crippen LogP contribution is -2.38. The second-order valence-corrected chi connectivity index (χ2v) is 5.91. The molecule has 1 fully saturated rings. The zero-order valence-corrected chi connectivity index (χ0v) is 10.4. The molecule has 16 heavy (non-hydrogen) atoms. The number of hydrogen-bond donors (Lipinski definition) is 1. The number of rotatable bonds is 1. The van der Waals surface area contributed by atoms with Crippen molar-refractivity contribution in [3.63, 3.8) is 0 Å². The van der Waals surface area contributed by atoms with E-state index in [0.29, 0.717) is 5.92 Å². The molecular formula is C13H18N2S. The van der Waals surface area contributed by atoms with Gasteiger partial charge in [-0.25, -0.2) is 0 Å². The van der Waals surface area contributed by atoms with E-state index in [1.165, 1.54) is 36.1 Å². The van der Waals surface area contributed by atoms with Crippen molar-refractivity contribution in [2.45, 2.75) is 38.6 Å². The van der Waals surface area contributed by atoms with Crippen molar-refractivity contribution < 1.29 is 0 Å². The average molecular weight is 234 g/mol. The molecule has 0 amide bonds. The molecule has 0 unspecified atom stereocenters. The van der Waals surface area contributed by atoms with Gasteiger partial charge in [0, 0.05) is 23.9 Å². The predicted molar refractivity (Wildman–Crippen MR) is 68.1 cm³/mol. The largest absolute Gasteiger partial charge is 0.356 e. The molecule has 2 heterocycles. The number of amidine groups is 1. The Balaban J connectivity index is 1.71. The van der Waals surface area contributed by atoms with Crippen LogP contribution in [0.3, 0.4) is 0 Å². The number of hydrogen-bond acceptors (Lipinski definition) is 2. The van der Waals surface area contributed by atoms with Gasteiger partial charge in [0.15, 0.2) is 0 Å². The van der Waals surface area contributed by atoms with Crippen LogP contribution < -0.4 is 0 Å². The number of nitrogens with zero attached hydrogens (tertiary/aromatic N) is 1. The summed E-state index contributed by atoms with van der Waals surface area (Å²) in [7, 11) is 0. The van der Waals surface area contributed by atoms with Crippen molar-refractivity contribution in [1.82, 2.24) is 4.90 Å². The summed E-state index contributed by atoms with van der Waals surface area (Å²) in [5.41, 5.74) is 1.46. The van der Waals surface area contributed by atoms with E-state index in [9.17, 15) is 0 Å². The van der Waals surface area contributed by atoms with E-state index in [2.05, 4.69) is 16.3 Å². The van der Waals surface area contributed by atoms with Crippen LogP contribution >= 0.6 is 11.3 Å². The van der Waals surface area contributed by atoms with Gasteiger partial charge in [0.05, 0.1) is 5.84 Å². The molecule has 0 radical (unpaired) electrons. The first kappa shape index (κ1) is 10.3. The Hall–Kier alpha value is -0.830. The smallest absolute Gasteiger partial charge is 0.0992 e. The Morgan fingerprint density at radius 1 is 1.38 bits per heavy atom. The lowest BCUT2D eigenvalue weighted by atomic mass is 10.0. The minimum absolute atomic E-state index is 0.556. The van der Waals surface area contributed by atoms with Crippen molar-refractivity contribution in [2.24, 2.45) is 5.92 Å². The summed E-state index contributed by atoms with van der Waals surface area (Å²) in [4.78, 5) is 3.83. The number of fused-ring (bicyclic) bond motifs is 1. The van der Waals surface area contributed by atoms with Crippen molar-refractivity contribution in [3.8, 4) is 0 Å². The highest BCUT2D eigenvalue weighted by atomic mass is 32.1. The van der Waals surface area contributed by atoms with Gasteiger partial charge in [-0.1, -0.05) is 12.8 Å². The van der Waals surface area contributed by atoms with Crippen LogP contribution in [-0.2, 0) is 13.0 Å². The molecule has 0 spiro atoms. The Morgan fingerprint density at radius 2 is 2.19 bits per heavy atom. The second-order valence-electron chi connectivity index (χ2n) is 4.91. The Labute approximate surface area is 101 Å². The molecule has 0 atom stereocenters. The van der Waals surface area contributed by atoms with Crippen LogP contribution in [0.25, 0.3) is 0 Å². The van der Waals surface area contributed by atoms with Gasteiger partial charge in [0.1, 0.15) is 0 Å². The molecule has 86 valence electrons. The van der Waals surface area contributed by atoms with Gasteiger partial charge in [-0.15, -0.1) is 11.3 Å². The average Bonchev–Trinajstić information content (AvgIpc) is 2.98. The second kappa shape index (κ2) is 4.21. The summed E-state index contributed by atoms with van der Waals surface area (Å²) in [6.45, 7) is 2.04. The zero-order chi connectivity index (χ0) is 11.0. The van der Waals surface area contributed by atoms with Gasteiger partial charge in [-0.3, -0.25) is 5.41 Å². The molecule has 0 saturated heterocycles. The van der Waals surface area contributed by atoms with E-state index in [4.69, 9.17) is 5.41 Å². The summed E-state index contributed by atoms with van der Waals surface area (Å²) < 4.78 is 0. The van der Waals surface area contributed by atoms with Crippen molar-refractivity contribution in [1.29, 1.82) is 5.41 Å². The normalized spacial score (nSPS) is 21.1. The third-order valence-electron chi connectivity index (χ3n) is 3.89. The summed E-state index contributed by atoms with van der Waals surface area (Å²) in [5, 5.41) is 10.5. The Bertz CT molecular complexity index is 390. The summed E-state index contributed by atoms with van der Waals surface area (Å²) in [6.07, 6.45) is 6.27. The van der Waals surface area contributed by atoms with Crippen LogP contribution in [0.1, 0.15) is 36.1 Å². The molecule has 1 aliphatic carbocycles. The van der Waals surface area contributed by atoms with E-state index in [1.54, 1.807) is 0 Å². The van der Waals surface area contributed by atoms with E-state index in [-0.39, 0.29) is 0 Å². The van der Waals surface area contributed by atoms with E-state index in [1.807, 2.05) is 11.3 Å².